The minimum absolute atomic E-state index is 0.192. The highest BCUT2D eigenvalue weighted by Crippen LogP contribution is 2.71. The molecule has 0 N–H and O–H groups in total. The van der Waals surface area contributed by atoms with Gasteiger partial charge in [-0.1, -0.05) is 22.2 Å². The second-order valence-corrected chi connectivity index (χ2v) is 12.5. The van der Waals surface area contributed by atoms with Crippen LogP contribution in [0.4, 0.5) is 0 Å². The van der Waals surface area contributed by atoms with E-state index in [0.29, 0.717) is 0 Å². The predicted octanol–water partition coefficient (Wildman–Crippen LogP) is 3.07. The highest BCUT2D eigenvalue weighted by molar-refractivity contribution is 8.61. The molecule has 0 aliphatic carbocycles. The normalized spacial score (nSPS) is 36.3. The number of rotatable bonds is 2. The maximum atomic E-state index is 5.40. The van der Waals surface area contributed by atoms with Gasteiger partial charge in [0.25, 0.3) is 0 Å². The van der Waals surface area contributed by atoms with Gasteiger partial charge in [0.05, 0.1) is 0 Å². The highest BCUT2D eigenvalue weighted by Gasteiger charge is 2.25. The summed E-state index contributed by atoms with van der Waals surface area (Å²) in [5, 5.41) is 0. The van der Waals surface area contributed by atoms with Crippen LogP contribution in [0.3, 0.4) is 0 Å². The Bertz CT molecular complexity index is 117. The van der Waals surface area contributed by atoms with E-state index in [1.165, 1.54) is 6.42 Å². The van der Waals surface area contributed by atoms with Gasteiger partial charge >= 0.3 is 0 Å². The van der Waals surface area contributed by atoms with Crippen molar-refractivity contribution >= 4 is 33.1 Å². The summed E-state index contributed by atoms with van der Waals surface area (Å²) < 4.78 is 5.40. The summed E-state index contributed by atoms with van der Waals surface area (Å²) in [4.78, 5) is 0. The van der Waals surface area contributed by atoms with Crippen molar-refractivity contribution in [1.82, 2.24) is 0 Å². The SMILES string of the molecule is C[C@H]1COCC[C@H]1P(P)PP. The molecule has 1 rings (SSSR count). The molecule has 5 heteroatoms. The van der Waals surface area contributed by atoms with Gasteiger partial charge in [-0.25, -0.2) is 0 Å². The molecule has 1 nitrogen and oxygen atoms in total. The van der Waals surface area contributed by atoms with Crippen molar-refractivity contribution in [3.05, 3.63) is 0 Å². The van der Waals surface area contributed by atoms with Crippen LogP contribution in [0.5, 0.6) is 0 Å². The molecule has 6 atom stereocenters. The molecular formula is C6H16OP4. The van der Waals surface area contributed by atoms with Gasteiger partial charge in [0.15, 0.2) is 0 Å². The number of hydrogen-bond donors (Lipinski definition) is 0. The molecule has 0 spiro atoms. The van der Waals surface area contributed by atoms with Gasteiger partial charge < -0.3 is 4.74 Å². The quantitative estimate of drug-likeness (QED) is 0.660. The van der Waals surface area contributed by atoms with Crippen molar-refractivity contribution in [1.29, 1.82) is 0 Å². The lowest BCUT2D eigenvalue weighted by Crippen LogP contribution is -2.26. The monoisotopic (exact) mass is 228 g/mol. The van der Waals surface area contributed by atoms with Crippen LogP contribution >= 0.6 is 33.1 Å². The molecule has 0 saturated carbocycles. The maximum absolute atomic E-state index is 5.40. The summed E-state index contributed by atoms with van der Waals surface area (Å²) in [6.07, 6.45) is 1.28. The molecule has 11 heavy (non-hydrogen) atoms. The fourth-order valence-corrected chi connectivity index (χ4v) is 7.36. The van der Waals surface area contributed by atoms with E-state index in [9.17, 15) is 0 Å². The second-order valence-electron chi connectivity index (χ2n) is 2.94. The van der Waals surface area contributed by atoms with Gasteiger partial charge in [-0.05, 0) is 18.0 Å². The summed E-state index contributed by atoms with van der Waals surface area (Å²) >= 11 is 0. The maximum Gasteiger partial charge on any atom is 0.0497 e. The molecule has 1 heterocycles. The van der Waals surface area contributed by atoms with Crippen LogP contribution in [-0.4, -0.2) is 18.9 Å². The number of hydrogen-bond acceptors (Lipinski definition) is 1. The van der Waals surface area contributed by atoms with Crippen molar-refractivity contribution < 1.29 is 4.74 Å². The van der Waals surface area contributed by atoms with E-state index in [0.717, 1.165) is 32.7 Å². The predicted molar refractivity (Wildman–Crippen MR) is 63.0 cm³/mol. The fraction of sp³-hybridized carbons (Fsp3) is 1.00. The Kier molecular flexibility index (Phi) is 5.30. The van der Waals surface area contributed by atoms with E-state index in [-0.39, 0.29) is 7.30 Å². The Morgan fingerprint density at radius 1 is 1.64 bits per heavy atom. The van der Waals surface area contributed by atoms with Crippen LogP contribution in [0.2, 0.25) is 0 Å². The molecule has 0 aromatic carbocycles. The lowest BCUT2D eigenvalue weighted by atomic mass is 10.0. The van der Waals surface area contributed by atoms with Gasteiger partial charge in [-0.15, -0.1) is 17.9 Å². The van der Waals surface area contributed by atoms with Crippen LogP contribution in [0.15, 0.2) is 0 Å². The Labute approximate surface area is 76.4 Å². The van der Waals surface area contributed by atoms with E-state index >= 15 is 0 Å². The van der Waals surface area contributed by atoms with Crippen molar-refractivity contribution in [2.24, 2.45) is 5.92 Å². The number of ether oxygens (including phenoxy) is 1. The Hall–Kier alpha value is 1.68. The van der Waals surface area contributed by atoms with Crippen LogP contribution in [-0.2, 0) is 4.74 Å². The summed E-state index contributed by atoms with van der Waals surface area (Å²) in [6.45, 7) is 4.28. The third-order valence-electron chi connectivity index (χ3n) is 2.10. The molecule has 1 fully saturated rings. The first-order valence-electron chi connectivity index (χ1n) is 3.83. The zero-order valence-electron chi connectivity index (χ0n) is 6.79. The lowest BCUT2D eigenvalue weighted by Gasteiger charge is -2.32. The third-order valence-corrected chi connectivity index (χ3v) is 13.6. The van der Waals surface area contributed by atoms with Gasteiger partial charge in [0.2, 0.25) is 0 Å². The first kappa shape index (κ1) is 10.8. The fourth-order valence-electron chi connectivity index (χ4n) is 1.38. The molecule has 1 aliphatic heterocycles. The summed E-state index contributed by atoms with van der Waals surface area (Å²) in [5.41, 5.74) is 0.930. The topological polar surface area (TPSA) is 9.23 Å². The average molecular weight is 228 g/mol. The minimum Gasteiger partial charge on any atom is -0.381 e. The minimum atomic E-state index is 0.192. The van der Waals surface area contributed by atoms with Crippen LogP contribution in [0.1, 0.15) is 13.3 Å². The van der Waals surface area contributed by atoms with E-state index in [2.05, 4.69) is 24.8 Å². The Morgan fingerprint density at radius 2 is 2.36 bits per heavy atom. The first-order chi connectivity index (χ1) is 5.25. The summed E-state index contributed by atoms with van der Waals surface area (Å²) in [6, 6.07) is 0. The van der Waals surface area contributed by atoms with Crippen molar-refractivity contribution in [2.75, 3.05) is 13.2 Å². The summed E-state index contributed by atoms with van der Waals surface area (Å²) in [5.74, 6) is 0.778. The van der Waals surface area contributed by atoms with Crippen LogP contribution in [0.25, 0.3) is 0 Å². The van der Waals surface area contributed by atoms with E-state index in [1.54, 1.807) is 0 Å². The zero-order chi connectivity index (χ0) is 8.27. The standard InChI is InChI=1S/C6H16OP4/c1-5-4-7-3-2-6(5)11(9)10-8/h5-6,10H,2-4,8-9H2,1H3/t5-,6+,11?/m0/s1. The average Bonchev–Trinajstić information content (AvgIpc) is 2.04. The molecular weight excluding hydrogens is 212 g/mol. The molecule has 4 unspecified atom stereocenters. The highest BCUT2D eigenvalue weighted by atomic mass is 32.6. The Balaban J connectivity index is 2.40. The van der Waals surface area contributed by atoms with Crippen LogP contribution in [0, 0.1) is 5.92 Å². The molecule has 1 aliphatic rings. The molecule has 66 valence electrons. The van der Waals surface area contributed by atoms with Crippen molar-refractivity contribution in [3.63, 3.8) is 0 Å². The van der Waals surface area contributed by atoms with Crippen molar-refractivity contribution in [3.8, 4) is 0 Å². The molecule has 0 radical (unpaired) electrons. The van der Waals surface area contributed by atoms with Gasteiger partial charge in [-0.3, -0.25) is 0 Å². The van der Waals surface area contributed by atoms with Crippen LogP contribution < -0.4 is 0 Å². The molecule has 0 aromatic heterocycles. The second kappa shape index (κ2) is 5.42. The molecule has 0 aromatic rings. The van der Waals surface area contributed by atoms with Crippen molar-refractivity contribution in [2.45, 2.75) is 19.0 Å². The molecule has 1 saturated heterocycles. The largest absolute Gasteiger partial charge is 0.381 e. The zero-order valence-corrected chi connectivity index (χ0v) is 11.0. The van der Waals surface area contributed by atoms with E-state index in [1.807, 2.05) is 0 Å². The van der Waals surface area contributed by atoms with Gasteiger partial charge in [0.1, 0.15) is 0 Å². The van der Waals surface area contributed by atoms with E-state index < -0.39 is 0 Å². The third kappa shape index (κ3) is 3.14. The molecule has 0 bridgehead atoms. The molecule has 0 amide bonds. The van der Waals surface area contributed by atoms with E-state index in [4.69, 9.17) is 4.74 Å². The Morgan fingerprint density at radius 3 is 2.91 bits per heavy atom. The van der Waals surface area contributed by atoms with Gasteiger partial charge in [-0.2, -0.15) is 0 Å². The lowest BCUT2D eigenvalue weighted by molar-refractivity contribution is 0.0652. The first-order valence-corrected chi connectivity index (χ1v) is 10.5. The van der Waals surface area contributed by atoms with Gasteiger partial charge in [0, 0.05) is 13.2 Å². The summed E-state index contributed by atoms with van der Waals surface area (Å²) in [7, 11) is 7.13. The smallest absolute Gasteiger partial charge is 0.0497 e.